The van der Waals surface area contributed by atoms with E-state index in [0.29, 0.717) is 6.04 Å². The molecular weight excluding hydrogens is 196 g/mol. The Labute approximate surface area is 101 Å². The molecular formula is C14H30N2. The van der Waals surface area contributed by atoms with Crippen LogP contribution in [0.3, 0.4) is 0 Å². The van der Waals surface area contributed by atoms with Gasteiger partial charge in [-0.2, -0.15) is 0 Å². The van der Waals surface area contributed by atoms with Crippen LogP contribution in [-0.4, -0.2) is 19.1 Å². The Balaban J connectivity index is 2.05. The molecule has 2 nitrogen and oxygen atoms in total. The SMILES string of the molecule is CCCCC(C)NCC1CCC(CN)CC1. The Bertz CT molecular complexity index is 162. The van der Waals surface area contributed by atoms with Crippen molar-refractivity contribution >= 4 is 0 Å². The maximum atomic E-state index is 5.71. The summed E-state index contributed by atoms with van der Waals surface area (Å²) in [4.78, 5) is 0. The third-order valence-electron chi connectivity index (χ3n) is 4.05. The van der Waals surface area contributed by atoms with E-state index in [2.05, 4.69) is 19.2 Å². The molecule has 1 saturated carbocycles. The lowest BCUT2D eigenvalue weighted by molar-refractivity contribution is 0.265. The maximum Gasteiger partial charge on any atom is 0.00388 e. The van der Waals surface area contributed by atoms with Crippen LogP contribution in [0.5, 0.6) is 0 Å². The predicted molar refractivity (Wildman–Crippen MR) is 71.5 cm³/mol. The molecule has 0 radical (unpaired) electrons. The van der Waals surface area contributed by atoms with E-state index >= 15 is 0 Å². The van der Waals surface area contributed by atoms with Crippen LogP contribution in [0, 0.1) is 11.8 Å². The van der Waals surface area contributed by atoms with Gasteiger partial charge in [0.25, 0.3) is 0 Å². The van der Waals surface area contributed by atoms with Gasteiger partial charge in [-0.1, -0.05) is 19.8 Å². The molecule has 1 unspecified atom stereocenters. The summed E-state index contributed by atoms with van der Waals surface area (Å²) in [6, 6.07) is 0.701. The Morgan fingerprint density at radius 3 is 2.38 bits per heavy atom. The van der Waals surface area contributed by atoms with Crippen LogP contribution in [0.1, 0.15) is 58.8 Å². The van der Waals surface area contributed by atoms with Crippen molar-refractivity contribution in [3.63, 3.8) is 0 Å². The third-order valence-corrected chi connectivity index (χ3v) is 4.05. The highest BCUT2D eigenvalue weighted by Gasteiger charge is 2.20. The fraction of sp³-hybridized carbons (Fsp3) is 1.00. The summed E-state index contributed by atoms with van der Waals surface area (Å²) in [7, 11) is 0. The van der Waals surface area contributed by atoms with Crippen molar-refractivity contribution in [1.29, 1.82) is 0 Å². The van der Waals surface area contributed by atoms with E-state index < -0.39 is 0 Å². The van der Waals surface area contributed by atoms with Crippen molar-refractivity contribution in [3.8, 4) is 0 Å². The molecule has 0 heterocycles. The van der Waals surface area contributed by atoms with E-state index in [9.17, 15) is 0 Å². The predicted octanol–water partition coefficient (Wildman–Crippen LogP) is 2.92. The van der Waals surface area contributed by atoms with Crippen molar-refractivity contribution < 1.29 is 0 Å². The minimum Gasteiger partial charge on any atom is -0.330 e. The van der Waals surface area contributed by atoms with Crippen molar-refractivity contribution in [2.45, 2.75) is 64.8 Å². The summed E-state index contributed by atoms with van der Waals surface area (Å²) in [5.41, 5.74) is 5.71. The van der Waals surface area contributed by atoms with E-state index in [1.165, 1.54) is 51.5 Å². The number of rotatable bonds is 7. The van der Waals surface area contributed by atoms with E-state index in [1.807, 2.05) is 0 Å². The van der Waals surface area contributed by atoms with Gasteiger partial charge in [-0.25, -0.2) is 0 Å². The van der Waals surface area contributed by atoms with Gasteiger partial charge in [0.15, 0.2) is 0 Å². The van der Waals surface area contributed by atoms with Crippen molar-refractivity contribution in [2.24, 2.45) is 17.6 Å². The Morgan fingerprint density at radius 2 is 1.81 bits per heavy atom. The van der Waals surface area contributed by atoms with Crippen LogP contribution < -0.4 is 11.1 Å². The second-order valence-corrected chi connectivity index (χ2v) is 5.57. The summed E-state index contributed by atoms with van der Waals surface area (Å²) in [5.74, 6) is 1.72. The number of nitrogens with one attached hydrogen (secondary N) is 1. The molecule has 0 bridgehead atoms. The summed E-state index contributed by atoms with van der Waals surface area (Å²) in [6.45, 7) is 6.71. The molecule has 0 saturated heterocycles. The first-order valence-corrected chi connectivity index (χ1v) is 7.19. The second-order valence-electron chi connectivity index (χ2n) is 5.57. The molecule has 1 atom stereocenters. The first-order chi connectivity index (χ1) is 7.76. The number of unbranched alkanes of at least 4 members (excludes halogenated alkanes) is 1. The molecule has 96 valence electrons. The Hall–Kier alpha value is -0.0800. The quantitative estimate of drug-likeness (QED) is 0.700. The monoisotopic (exact) mass is 226 g/mol. The zero-order valence-corrected chi connectivity index (χ0v) is 11.2. The number of nitrogens with two attached hydrogens (primary N) is 1. The zero-order chi connectivity index (χ0) is 11.8. The number of hydrogen-bond acceptors (Lipinski definition) is 2. The minimum atomic E-state index is 0.701. The first kappa shape index (κ1) is 14.0. The topological polar surface area (TPSA) is 38.0 Å². The molecule has 3 N–H and O–H groups in total. The van der Waals surface area contributed by atoms with Crippen LogP contribution >= 0.6 is 0 Å². The number of hydrogen-bond donors (Lipinski definition) is 2. The fourth-order valence-electron chi connectivity index (χ4n) is 2.65. The minimum absolute atomic E-state index is 0.701. The van der Waals surface area contributed by atoms with E-state index in [1.54, 1.807) is 0 Å². The van der Waals surface area contributed by atoms with E-state index in [-0.39, 0.29) is 0 Å². The van der Waals surface area contributed by atoms with Crippen LogP contribution in [0.4, 0.5) is 0 Å². The van der Waals surface area contributed by atoms with Crippen LogP contribution in [0.15, 0.2) is 0 Å². The normalized spacial score (nSPS) is 27.9. The molecule has 1 rings (SSSR count). The van der Waals surface area contributed by atoms with Crippen LogP contribution in [0.2, 0.25) is 0 Å². The van der Waals surface area contributed by atoms with Gasteiger partial charge in [0.2, 0.25) is 0 Å². The first-order valence-electron chi connectivity index (χ1n) is 7.19. The van der Waals surface area contributed by atoms with Crippen molar-refractivity contribution in [3.05, 3.63) is 0 Å². The van der Waals surface area contributed by atoms with Crippen molar-refractivity contribution in [1.82, 2.24) is 5.32 Å². The van der Waals surface area contributed by atoms with E-state index in [0.717, 1.165) is 18.4 Å². The van der Waals surface area contributed by atoms with Gasteiger partial charge in [-0.05, 0) is 64.0 Å². The van der Waals surface area contributed by atoms with Gasteiger partial charge >= 0.3 is 0 Å². The maximum absolute atomic E-state index is 5.71. The zero-order valence-electron chi connectivity index (χ0n) is 11.2. The molecule has 0 amide bonds. The molecule has 2 heteroatoms. The highest BCUT2D eigenvalue weighted by molar-refractivity contribution is 4.75. The van der Waals surface area contributed by atoms with Crippen LogP contribution in [-0.2, 0) is 0 Å². The van der Waals surface area contributed by atoms with Gasteiger partial charge in [-0.15, -0.1) is 0 Å². The molecule has 0 aromatic rings. The molecule has 0 aromatic carbocycles. The molecule has 1 aliphatic carbocycles. The second kappa shape index (κ2) is 8.08. The standard InChI is InChI=1S/C14H30N2/c1-3-4-5-12(2)16-11-14-8-6-13(10-15)7-9-14/h12-14,16H,3-11,15H2,1-2H3. The highest BCUT2D eigenvalue weighted by Crippen LogP contribution is 2.27. The summed E-state index contributed by atoms with van der Waals surface area (Å²) in [5, 5.41) is 3.69. The lowest BCUT2D eigenvalue weighted by Crippen LogP contribution is -2.33. The Kier molecular flexibility index (Phi) is 7.06. The summed E-state index contributed by atoms with van der Waals surface area (Å²) < 4.78 is 0. The van der Waals surface area contributed by atoms with Crippen molar-refractivity contribution in [2.75, 3.05) is 13.1 Å². The average molecular weight is 226 g/mol. The average Bonchev–Trinajstić information content (AvgIpc) is 2.34. The van der Waals surface area contributed by atoms with Gasteiger partial charge in [0.05, 0.1) is 0 Å². The van der Waals surface area contributed by atoms with Gasteiger partial charge in [-0.3, -0.25) is 0 Å². The highest BCUT2D eigenvalue weighted by atomic mass is 14.9. The van der Waals surface area contributed by atoms with Gasteiger partial charge in [0, 0.05) is 6.04 Å². The molecule has 16 heavy (non-hydrogen) atoms. The van der Waals surface area contributed by atoms with Crippen LogP contribution in [0.25, 0.3) is 0 Å². The largest absolute Gasteiger partial charge is 0.330 e. The smallest absolute Gasteiger partial charge is 0.00388 e. The molecule has 0 aromatic heterocycles. The summed E-state index contributed by atoms with van der Waals surface area (Å²) >= 11 is 0. The third kappa shape index (κ3) is 5.31. The molecule has 0 aliphatic heterocycles. The molecule has 0 spiro atoms. The van der Waals surface area contributed by atoms with Gasteiger partial charge in [0.1, 0.15) is 0 Å². The summed E-state index contributed by atoms with van der Waals surface area (Å²) in [6.07, 6.45) is 9.47. The fourth-order valence-corrected chi connectivity index (χ4v) is 2.65. The lowest BCUT2D eigenvalue weighted by Gasteiger charge is -2.28. The van der Waals surface area contributed by atoms with E-state index in [4.69, 9.17) is 5.73 Å². The van der Waals surface area contributed by atoms with Gasteiger partial charge < -0.3 is 11.1 Å². The molecule has 1 aliphatic rings. The Morgan fingerprint density at radius 1 is 1.19 bits per heavy atom. The lowest BCUT2D eigenvalue weighted by atomic mass is 9.82. The molecule has 1 fully saturated rings.